The molecule has 1 aliphatic rings. The van der Waals surface area contributed by atoms with Crippen LogP contribution in [0.15, 0.2) is 24.3 Å². The molecule has 1 unspecified atom stereocenters. The standard InChI is InChI=1S/C8H9N.C6H12O4/c1-7-2-4-8(6-9)5-3-7;1-7-10-9-6-4-2-3-5-8-6/h2-6,9H,1H3;6H,2-5H2,1H3/p+1. The fourth-order valence-corrected chi connectivity index (χ4v) is 1.54. The SMILES string of the molecule is C[OH+]OOC1CCCCO1.Cc1ccc(C=N)cc1. The first-order valence-electron chi connectivity index (χ1n) is 6.36. The van der Waals surface area contributed by atoms with Crippen molar-refractivity contribution in [2.75, 3.05) is 13.7 Å². The van der Waals surface area contributed by atoms with Gasteiger partial charge in [-0.05, 0) is 25.3 Å². The summed E-state index contributed by atoms with van der Waals surface area (Å²) in [4.78, 5) is 8.07. The Balaban J connectivity index is 0.000000191. The summed E-state index contributed by atoms with van der Waals surface area (Å²) in [6.07, 6.45) is 4.29. The average molecular weight is 268 g/mol. The highest BCUT2D eigenvalue weighted by atomic mass is 17.5. The van der Waals surface area contributed by atoms with E-state index in [2.05, 4.69) is 9.93 Å². The molecule has 0 bridgehead atoms. The van der Waals surface area contributed by atoms with Crippen LogP contribution in [0.2, 0.25) is 0 Å². The van der Waals surface area contributed by atoms with Crippen molar-refractivity contribution in [3.05, 3.63) is 35.4 Å². The molecule has 106 valence electrons. The summed E-state index contributed by atoms with van der Waals surface area (Å²) in [7, 11) is 1.52. The summed E-state index contributed by atoms with van der Waals surface area (Å²) in [5.74, 6) is 0. The van der Waals surface area contributed by atoms with Gasteiger partial charge in [0.2, 0.25) is 0 Å². The third kappa shape index (κ3) is 7.03. The number of aliphatic hydroxyl groups is 1. The zero-order valence-corrected chi connectivity index (χ0v) is 11.5. The number of benzene rings is 1. The lowest BCUT2D eigenvalue weighted by Gasteiger charge is -2.18. The molecule has 1 aromatic carbocycles. The minimum absolute atomic E-state index is 0.211. The first-order valence-corrected chi connectivity index (χ1v) is 6.36. The lowest BCUT2D eigenvalue weighted by atomic mass is 10.2. The monoisotopic (exact) mass is 268 g/mol. The highest BCUT2D eigenvalue weighted by molar-refractivity contribution is 5.76. The number of hydrogen-bond donors (Lipinski definition) is 1. The van der Waals surface area contributed by atoms with Gasteiger partial charge in [-0.1, -0.05) is 29.8 Å². The van der Waals surface area contributed by atoms with Gasteiger partial charge in [-0.3, -0.25) is 0 Å². The Bertz CT molecular complexity index is 347. The van der Waals surface area contributed by atoms with Gasteiger partial charge in [0.25, 0.3) is 0 Å². The molecule has 1 aliphatic heterocycles. The van der Waals surface area contributed by atoms with E-state index >= 15 is 0 Å². The molecule has 2 rings (SSSR count). The van der Waals surface area contributed by atoms with Crippen LogP contribution in [0.5, 0.6) is 0 Å². The van der Waals surface area contributed by atoms with Crippen molar-refractivity contribution in [3.8, 4) is 0 Å². The molecule has 1 atom stereocenters. The second-order valence-electron chi connectivity index (χ2n) is 4.20. The second kappa shape index (κ2) is 9.63. The number of ether oxygens (including phenoxy) is 1. The van der Waals surface area contributed by atoms with E-state index in [1.807, 2.05) is 31.2 Å². The van der Waals surface area contributed by atoms with Crippen molar-refractivity contribution >= 4 is 6.21 Å². The molecule has 1 saturated heterocycles. The van der Waals surface area contributed by atoms with Crippen LogP contribution in [-0.2, 0) is 14.7 Å². The summed E-state index contributed by atoms with van der Waals surface area (Å²) >= 11 is 0. The van der Waals surface area contributed by atoms with Crippen molar-refractivity contribution in [1.29, 1.82) is 5.41 Å². The van der Waals surface area contributed by atoms with Crippen LogP contribution in [0.25, 0.3) is 0 Å². The molecule has 0 spiro atoms. The van der Waals surface area contributed by atoms with Crippen LogP contribution >= 0.6 is 0 Å². The zero-order valence-electron chi connectivity index (χ0n) is 11.5. The summed E-state index contributed by atoms with van der Waals surface area (Å²) in [6, 6.07) is 7.87. The normalized spacial score (nSPS) is 18.3. The predicted molar refractivity (Wildman–Crippen MR) is 73.0 cm³/mol. The maximum absolute atomic E-state index is 6.89. The van der Waals surface area contributed by atoms with Crippen molar-refractivity contribution in [2.24, 2.45) is 0 Å². The molecule has 1 fully saturated rings. The number of nitrogens with one attached hydrogen (secondary N) is 1. The molecule has 0 amide bonds. The third-order valence-corrected chi connectivity index (χ3v) is 2.61. The largest absolute Gasteiger partial charge is 0.349 e. The molecule has 0 aromatic heterocycles. The molecule has 5 heteroatoms. The lowest BCUT2D eigenvalue weighted by Crippen LogP contribution is -2.22. The van der Waals surface area contributed by atoms with Crippen LogP contribution in [0.4, 0.5) is 0 Å². The Morgan fingerprint density at radius 2 is 2.05 bits per heavy atom. The summed E-state index contributed by atoms with van der Waals surface area (Å²) in [5, 5.41) is 11.3. The molecule has 2 N–H and O–H groups in total. The van der Waals surface area contributed by atoms with Gasteiger partial charge in [-0.25, -0.2) is 4.89 Å². The van der Waals surface area contributed by atoms with E-state index in [0.29, 0.717) is 0 Å². The van der Waals surface area contributed by atoms with E-state index in [4.69, 9.17) is 15.0 Å². The summed E-state index contributed by atoms with van der Waals surface area (Å²) in [5.41, 5.74) is 2.20. The fourth-order valence-electron chi connectivity index (χ4n) is 1.54. The van der Waals surface area contributed by atoms with Gasteiger partial charge < -0.3 is 10.1 Å². The third-order valence-electron chi connectivity index (χ3n) is 2.61. The highest BCUT2D eigenvalue weighted by Gasteiger charge is 2.15. The molecule has 1 heterocycles. The number of aryl methyl sites for hydroxylation is 1. The van der Waals surface area contributed by atoms with E-state index in [1.165, 1.54) is 18.9 Å². The zero-order chi connectivity index (χ0) is 13.9. The first-order chi connectivity index (χ1) is 9.26. The molecular weight excluding hydrogens is 246 g/mol. The molecule has 0 aliphatic carbocycles. The Morgan fingerprint density at radius 1 is 1.32 bits per heavy atom. The average Bonchev–Trinajstić information content (AvgIpc) is 2.48. The Hall–Kier alpha value is -1.27. The van der Waals surface area contributed by atoms with Gasteiger partial charge in [-0.2, -0.15) is 0 Å². The van der Waals surface area contributed by atoms with Gasteiger partial charge in [-0.15, -0.1) is 4.89 Å². The Labute approximate surface area is 113 Å². The molecule has 19 heavy (non-hydrogen) atoms. The van der Waals surface area contributed by atoms with E-state index in [1.54, 1.807) is 0 Å². The molecule has 1 aromatic rings. The lowest BCUT2D eigenvalue weighted by molar-refractivity contribution is -0.605. The Morgan fingerprint density at radius 3 is 2.58 bits per heavy atom. The van der Waals surface area contributed by atoms with E-state index in [9.17, 15) is 0 Å². The molecule has 0 saturated carbocycles. The van der Waals surface area contributed by atoms with Gasteiger partial charge >= 0.3 is 0 Å². The van der Waals surface area contributed by atoms with Crippen molar-refractivity contribution in [3.63, 3.8) is 0 Å². The maximum atomic E-state index is 6.89. The number of hydrogen-bond acceptors (Lipinski definition) is 4. The molecule has 0 radical (unpaired) electrons. The fraction of sp³-hybridized carbons (Fsp3) is 0.500. The van der Waals surface area contributed by atoms with Crippen molar-refractivity contribution in [1.82, 2.24) is 0 Å². The number of rotatable bonds is 4. The smallest absolute Gasteiger partial charge is 0.198 e. The van der Waals surface area contributed by atoms with Gasteiger partial charge in [0.05, 0.1) is 5.04 Å². The second-order valence-corrected chi connectivity index (χ2v) is 4.20. The minimum Gasteiger partial charge on any atom is -0.349 e. The van der Waals surface area contributed by atoms with Crippen LogP contribution in [0.1, 0.15) is 30.4 Å². The quantitative estimate of drug-likeness (QED) is 0.395. The molecular formula is C14H22NO4+. The van der Waals surface area contributed by atoms with Crippen LogP contribution < -0.4 is 0 Å². The van der Waals surface area contributed by atoms with Crippen LogP contribution in [0, 0.1) is 12.3 Å². The van der Waals surface area contributed by atoms with Gasteiger partial charge in [0.1, 0.15) is 0 Å². The first kappa shape index (κ1) is 15.8. The molecule has 5 nitrogen and oxygen atoms in total. The van der Waals surface area contributed by atoms with E-state index in [-0.39, 0.29) is 6.29 Å². The summed E-state index contributed by atoms with van der Waals surface area (Å²) < 4.78 is 5.17. The van der Waals surface area contributed by atoms with E-state index in [0.717, 1.165) is 31.4 Å². The van der Waals surface area contributed by atoms with Crippen molar-refractivity contribution < 1.29 is 19.6 Å². The van der Waals surface area contributed by atoms with Crippen molar-refractivity contribution in [2.45, 2.75) is 32.5 Å². The minimum atomic E-state index is -0.211. The van der Waals surface area contributed by atoms with Gasteiger partial charge in [0, 0.05) is 19.2 Å². The van der Waals surface area contributed by atoms with Crippen LogP contribution in [0.3, 0.4) is 0 Å². The maximum Gasteiger partial charge on any atom is 0.198 e. The van der Waals surface area contributed by atoms with Gasteiger partial charge in [0.15, 0.2) is 13.4 Å². The highest BCUT2D eigenvalue weighted by Crippen LogP contribution is 2.13. The topological polar surface area (TPSA) is 64.3 Å². The Kier molecular flexibility index (Phi) is 8.00. The van der Waals surface area contributed by atoms with Crippen LogP contribution in [-0.4, -0.2) is 31.1 Å². The predicted octanol–water partition coefficient (Wildman–Crippen LogP) is 2.53. The summed E-state index contributed by atoms with van der Waals surface area (Å²) in [6.45, 7) is 2.80. The van der Waals surface area contributed by atoms with E-state index < -0.39 is 0 Å².